The number of nitrogens with one attached hydrogen (secondary N) is 1. The van der Waals surface area contributed by atoms with E-state index in [9.17, 15) is 9.90 Å². The van der Waals surface area contributed by atoms with Crippen molar-refractivity contribution < 1.29 is 9.84 Å². The molecule has 114 valence electrons. The zero-order valence-corrected chi connectivity index (χ0v) is 13.5. The second-order valence-electron chi connectivity index (χ2n) is 4.62. The normalized spacial score (nSPS) is 11.0. The first-order valence-electron chi connectivity index (χ1n) is 6.64. The van der Waals surface area contributed by atoms with Crippen LogP contribution in [-0.2, 0) is 6.42 Å². The molecule has 3 aromatic rings. The number of ether oxygens (including phenoxy) is 1. The third-order valence-electron chi connectivity index (χ3n) is 3.12. The number of aromatic nitrogens is 2. The number of aryl methyl sites for hydroxylation is 1. The van der Waals surface area contributed by atoms with Crippen LogP contribution in [0.25, 0.3) is 10.3 Å². The molecule has 0 amide bonds. The van der Waals surface area contributed by atoms with Crippen LogP contribution in [0.2, 0.25) is 0 Å². The van der Waals surface area contributed by atoms with Crippen LogP contribution < -0.4 is 10.3 Å². The number of hydrogen-bond donors (Lipinski definition) is 2. The number of nitrogens with zero attached hydrogens (tertiary/aromatic N) is 1. The Morgan fingerprint density at radius 2 is 2.14 bits per heavy atom. The number of methoxy groups -OCH3 is 1. The molecule has 0 unspecified atom stereocenters. The van der Waals surface area contributed by atoms with Crippen molar-refractivity contribution in [3.05, 3.63) is 46.2 Å². The van der Waals surface area contributed by atoms with Crippen LogP contribution in [0.4, 0.5) is 0 Å². The highest BCUT2D eigenvalue weighted by Gasteiger charge is 2.09. The van der Waals surface area contributed by atoms with Crippen molar-refractivity contribution in [1.82, 2.24) is 9.97 Å². The Bertz CT molecular complexity index is 840. The Hall–Kier alpha value is -1.99. The summed E-state index contributed by atoms with van der Waals surface area (Å²) in [4.78, 5) is 18.3. The maximum atomic E-state index is 11.3. The van der Waals surface area contributed by atoms with E-state index in [-0.39, 0.29) is 11.3 Å². The Kier molecular flexibility index (Phi) is 4.35. The molecule has 0 saturated carbocycles. The molecule has 3 rings (SSSR count). The van der Waals surface area contributed by atoms with Gasteiger partial charge in [0.05, 0.1) is 7.11 Å². The molecule has 0 aliphatic rings. The molecule has 2 aromatic heterocycles. The van der Waals surface area contributed by atoms with Crippen molar-refractivity contribution in [3.63, 3.8) is 0 Å². The van der Waals surface area contributed by atoms with Crippen LogP contribution >= 0.6 is 23.1 Å². The minimum atomic E-state index is -0.343. The summed E-state index contributed by atoms with van der Waals surface area (Å²) in [6, 6.07) is 9.15. The largest absolute Gasteiger partial charge is 0.506 e. The summed E-state index contributed by atoms with van der Waals surface area (Å²) in [7, 11) is 1.65. The topological polar surface area (TPSA) is 75.2 Å². The van der Waals surface area contributed by atoms with E-state index < -0.39 is 0 Å². The van der Waals surface area contributed by atoms with Crippen LogP contribution in [0.15, 0.2) is 39.5 Å². The van der Waals surface area contributed by atoms with Crippen LogP contribution in [-0.4, -0.2) is 27.9 Å². The summed E-state index contributed by atoms with van der Waals surface area (Å²) >= 11 is 2.99. The van der Waals surface area contributed by atoms with E-state index in [1.807, 2.05) is 24.3 Å². The number of H-pyrrole nitrogens is 1. The van der Waals surface area contributed by atoms with Gasteiger partial charge in [0.2, 0.25) is 0 Å². The van der Waals surface area contributed by atoms with E-state index in [1.54, 1.807) is 18.9 Å². The number of pyridine rings is 1. The molecule has 0 atom stereocenters. The minimum Gasteiger partial charge on any atom is -0.506 e. The number of thioether (sulfide) groups is 1. The van der Waals surface area contributed by atoms with Gasteiger partial charge >= 0.3 is 0 Å². The molecular formula is C15H14N2O3S2. The highest BCUT2D eigenvalue weighted by atomic mass is 32.2. The van der Waals surface area contributed by atoms with Crippen molar-refractivity contribution in [2.75, 3.05) is 12.9 Å². The molecule has 22 heavy (non-hydrogen) atoms. The van der Waals surface area contributed by atoms with Gasteiger partial charge < -0.3 is 14.8 Å². The van der Waals surface area contributed by atoms with E-state index >= 15 is 0 Å². The molecule has 1 aromatic carbocycles. The quantitative estimate of drug-likeness (QED) is 0.702. The van der Waals surface area contributed by atoms with Crippen molar-refractivity contribution >= 4 is 33.4 Å². The van der Waals surface area contributed by atoms with Crippen LogP contribution in [0.5, 0.6) is 11.5 Å². The third-order valence-corrected chi connectivity index (χ3v) is 5.35. The van der Waals surface area contributed by atoms with Gasteiger partial charge in [-0.2, -0.15) is 0 Å². The summed E-state index contributed by atoms with van der Waals surface area (Å²) in [5.41, 5.74) is 1.33. The van der Waals surface area contributed by atoms with E-state index in [4.69, 9.17) is 4.74 Å². The van der Waals surface area contributed by atoms with Gasteiger partial charge in [-0.1, -0.05) is 23.9 Å². The lowest BCUT2D eigenvalue weighted by Gasteiger charge is -2.02. The molecule has 5 nitrogen and oxygen atoms in total. The fourth-order valence-electron chi connectivity index (χ4n) is 2.01. The first-order chi connectivity index (χ1) is 10.7. The summed E-state index contributed by atoms with van der Waals surface area (Å²) in [6.07, 6.45) is 0.910. The van der Waals surface area contributed by atoms with Crippen molar-refractivity contribution in [2.45, 2.75) is 10.8 Å². The number of fused-ring (bicyclic) bond motifs is 1. The van der Waals surface area contributed by atoms with Gasteiger partial charge in [0.25, 0.3) is 5.56 Å². The van der Waals surface area contributed by atoms with E-state index in [2.05, 4.69) is 9.97 Å². The SMILES string of the molecule is COc1ccc(CCSc2nc3[nH]c(=O)cc(O)c3s2)cc1. The molecule has 2 N–H and O–H groups in total. The average Bonchev–Trinajstić information content (AvgIpc) is 2.91. The van der Waals surface area contributed by atoms with Gasteiger partial charge in [-0.25, -0.2) is 4.98 Å². The number of benzene rings is 1. The van der Waals surface area contributed by atoms with Gasteiger partial charge in [0.15, 0.2) is 9.99 Å². The minimum absolute atomic E-state index is 0.0155. The van der Waals surface area contributed by atoms with Crippen molar-refractivity contribution in [1.29, 1.82) is 0 Å². The second kappa shape index (κ2) is 6.41. The van der Waals surface area contributed by atoms with Gasteiger partial charge in [0.1, 0.15) is 16.2 Å². The molecule has 0 radical (unpaired) electrons. The predicted octanol–water partition coefficient (Wildman–Crippen LogP) is 3.03. The fourth-order valence-corrected chi connectivity index (χ4v) is 4.08. The third kappa shape index (κ3) is 3.26. The first kappa shape index (κ1) is 14.9. The number of hydrogen-bond acceptors (Lipinski definition) is 6. The summed E-state index contributed by atoms with van der Waals surface area (Å²) in [5, 5.41) is 9.75. The molecule has 0 aliphatic carbocycles. The summed E-state index contributed by atoms with van der Waals surface area (Å²) in [5.74, 6) is 1.71. The van der Waals surface area contributed by atoms with E-state index in [1.165, 1.54) is 23.0 Å². The van der Waals surface area contributed by atoms with E-state index in [0.717, 1.165) is 22.3 Å². The number of aromatic amines is 1. The Balaban J connectivity index is 1.66. The smallest absolute Gasteiger partial charge is 0.253 e. The number of aromatic hydroxyl groups is 1. The zero-order chi connectivity index (χ0) is 15.5. The summed E-state index contributed by atoms with van der Waals surface area (Å²) in [6.45, 7) is 0. The molecule has 7 heteroatoms. The average molecular weight is 334 g/mol. The highest BCUT2D eigenvalue weighted by Crippen LogP contribution is 2.33. The fraction of sp³-hybridized carbons (Fsp3) is 0.200. The summed E-state index contributed by atoms with van der Waals surface area (Å²) < 4.78 is 6.58. The molecule has 2 heterocycles. The Morgan fingerprint density at radius 1 is 1.36 bits per heavy atom. The van der Waals surface area contributed by atoms with Gasteiger partial charge in [-0.05, 0) is 24.1 Å². The van der Waals surface area contributed by atoms with Gasteiger partial charge in [0, 0.05) is 11.8 Å². The molecule has 0 fully saturated rings. The maximum Gasteiger partial charge on any atom is 0.253 e. The maximum absolute atomic E-state index is 11.3. The monoisotopic (exact) mass is 334 g/mol. The molecule has 0 saturated heterocycles. The van der Waals surface area contributed by atoms with Crippen molar-refractivity contribution in [3.8, 4) is 11.5 Å². The Labute approximate surface area is 135 Å². The van der Waals surface area contributed by atoms with Gasteiger partial charge in [-0.15, -0.1) is 11.3 Å². The van der Waals surface area contributed by atoms with E-state index in [0.29, 0.717) is 10.3 Å². The number of rotatable bonds is 5. The Morgan fingerprint density at radius 3 is 2.86 bits per heavy atom. The standard InChI is InChI=1S/C15H14N2O3S2/c1-20-10-4-2-9(3-5-10)6-7-21-15-17-14-13(22-15)11(18)8-12(19)16-14/h2-5,8H,6-7H2,1H3,(H2,16,18,19). The van der Waals surface area contributed by atoms with Crippen LogP contribution in [0.1, 0.15) is 5.56 Å². The first-order valence-corrected chi connectivity index (χ1v) is 8.44. The molecular weight excluding hydrogens is 320 g/mol. The lowest BCUT2D eigenvalue weighted by atomic mass is 10.2. The lowest BCUT2D eigenvalue weighted by molar-refractivity contribution is 0.414. The highest BCUT2D eigenvalue weighted by molar-refractivity contribution is 8.01. The van der Waals surface area contributed by atoms with Gasteiger partial charge in [-0.3, -0.25) is 4.79 Å². The zero-order valence-electron chi connectivity index (χ0n) is 11.8. The molecule has 0 bridgehead atoms. The lowest BCUT2D eigenvalue weighted by Crippen LogP contribution is -2.02. The van der Waals surface area contributed by atoms with Crippen LogP contribution in [0, 0.1) is 0 Å². The van der Waals surface area contributed by atoms with Crippen LogP contribution in [0.3, 0.4) is 0 Å². The molecule has 0 spiro atoms. The second-order valence-corrected chi connectivity index (χ2v) is 6.96. The van der Waals surface area contributed by atoms with Crippen molar-refractivity contribution in [2.24, 2.45) is 0 Å². The number of thiazole rings is 1. The molecule has 0 aliphatic heterocycles. The predicted molar refractivity (Wildman–Crippen MR) is 89.3 cm³/mol.